The van der Waals surface area contributed by atoms with Gasteiger partial charge in [-0.2, -0.15) is 8.42 Å². The summed E-state index contributed by atoms with van der Waals surface area (Å²) in [6.07, 6.45) is 0.783. The van der Waals surface area contributed by atoms with E-state index in [0.29, 0.717) is 45.7 Å². The van der Waals surface area contributed by atoms with Crippen molar-refractivity contribution < 1.29 is 31.3 Å². The number of benzene rings is 2. The Morgan fingerprint density at radius 3 is 2.51 bits per heavy atom. The van der Waals surface area contributed by atoms with Gasteiger partial charge in [-0.15, -0.1) is 0 Å². The van der Waals surface area contributed by atoms with Gasteiger partial charge < -0.3 is 18.5 Å². The van der Waals surface area contributed by atoms with Crippen molar-refractivity contribution in [2.24, 2.45) is 0 Å². The molecule has 0 aliphatic carbocycles. The summed E-state index contributed by atoms with van der Waals surface area (Å²) >= 11 is 6.02. The minimum absolute atomic E-state index is 0.112. The Morgan fingerprint density at radius 2 is 1.79 bits per heavy atom. The van der Waals surface area contributed by atoms with Crippen LogP contribution in [0.3, 0.4) is 0 Å². The largest absolute Gasteiger partial charge is 0.460 e. The van der Waals surface area contributed by atoms with E-state index in [1.807, 2.05) is 4.90 Å². The van der Waals surface area contributed by atoms with Gasteiger partial charge in [-0.25, -0.2) is 9.78 Å². The molecule has 0 amide bonds. The van der Waals surface area contributed by atoms with Gasteiger partial charge in [0.2, 0.25) is 5.89 Å². The fraction of sp³-hybridized carbons (Fsp3) is 0.370. The quantitative estimate of drug-likeness (QED) is 0.147. The van der Waals surface area contributed by atoms with Crippen molar-refractivity contribution >= 4 is 55.4 Å². The summed E-state index contributed by atoms with van der Waals surface area (Å²) in [6.45, 7) is 6.07. The molecule has 0 aliphatic rings. The van der Waals surface area contributed by atoms with E-state index in [1.165, 1.54) is 0 Å². The first-order chi connectivity index (χ1) is 18.3. The molecule has 208 valence electrons. The molecule has 0 atom stereocenters. The van der Waals surface area contributed by atoms with Crippen LogP contribution in [0.25, 0.3) is 33.5 Å². The van der Waals surface area contributed by atoms with E-state index in [4.69, 9.17) is 29.7 Å². The van der Waals surface area contributed by atoms with Gasteiger partial charge in [0.15, 0.2) is 5.58 Å². The minimum Gasteiger partial charge on any atom is -0.460 e. The number of fused-ring (bicyclic) bond motifs is 2. The zero-order chi connectivity index (χ0) is 28.4. The van der Waals surface area contributed by atoms with Gasteiger partial charge in [0.25, 0.3) is 10.1 Å². The molecule has 0 saturated carbocycles. The number of oxazole rings is 1. The topological polar surface area (TPSA) is 140 Å². The first-order valence-electron chi connectivity index (χ1n) is 12.3. The van der Waals surface area contributed by atoms with Gasteiger partial charge >= 0.3 is 11.6 Å². The highest BCUT2D eigenvalue weighted by Crippen LogP contribution is 2.28. The second-order valence-electron chi connectivity index (χ2n) is 10.1. The van der Waals surface area contributed by atoms with Crippen LogP contribution in [0.1, 0.15) is 40.0 Å². The van der Waals surface area contributed by atoms with Crippen LogP contribution in [0.5, 0.6) is 0 Å². The Labute approximate surface area is 230 Å². The molecule has 2 aromatic heterocycles. The molecule has 4 aromatic rings. The van der Waals surface area contributed by atoms with E-state index in [0.717, 1.165) is 0 Å². The number of carbonyl (C=O) groups is 1. The molecule has 0 unspecified atom stereocenters. The number of aromatic nitrogens is 1. The summed E-state index contributed by atoms with van der Waals surface area (Å²) in [4.78, 5) is 31.2. The monoisotopic (exact) mass is 576 g/mol. The molecule has 39 heavy (non-hydrogen) atoms. The number of hydrogen-bond acceptors (Lipinski definition) is 9. The molecule has 10 nitrogen and oxygen atoms in total. The molecule has 0 spiro atoms. The molecule has 4 rings (SSSR count). The summed E-state index contributed by atoms with van der Waals surface area (Å²) in [7, 11) is -4.12. The van der Waals surface area contributed by atoms with Gasteiger partial charge in [0.1, 0.15) is 22.3 Å². The molecule has 2 heterocycles. The fourth-order valence-electron chi connectivity index (χ4n) is 4.08. The van der Waals surface area contributed by atoms with Crippen LogP contribution >= 0.6 is 11.6 Å². The average Bonchev–Trinajstić information content (AvgIpc) is 3.23. The Bertz CT molecular complexity index is 1670. The predicted octanol–water partition coefficient (Wildman–Crippen LogP) is 5.46. The highest BCUT2D eigenvalue weighted by atomic mass is 35.5. The second-order valence-corrected chi connectivity index (χ2v) is 12.1. The molecule has 0 aliphatic heterocycles. The van der Waals surface area contributed by atoms with E-state index in [-0.39, 0.29) is 36.8 Å². The summed E-state index contributed by atoms with van der Waals surface area (Å²) in [6, 6.07) is 11.8. The average molecular weight is 577 g/mol. The third-order valence-electron chi connectivity index (χ3n) is 5.72. The van der Waals surface area contributed by atoms with Crippen molar-refractivity contribution in [3.8, 4) is 11.5 Å². The lowest BCUT2D eigenvalue weighted by Gasteiger charge is -2.25. The van der Waals surface area contributed by atoms with Crippen molar-refractivity contribution in [3.63, 3.8) is 0 Å². The maximum atomic E-state index is 12.8. The SMILES string of the molecule is CC(C)(C)OC(=O)CCCN(CCCS(=O)(=O)O)c1ccc2cc(-c3nc4cc(Cl)ccc4o3)c(=O)oc2c1. The van der Waals surface area contributed by atoms with Crippen molar-refractivity contribution in [1.29, 1.82) is 0 Å². The van der Waals surface area contributed by atoms with Crippen molar-refractivity contribution in [3.05, 3.63) is 57.9 Å². The van der Waals surface area contributed by atoms with Crippen LogP contribution in [-0.2, 0) is 19.6 Å². The molecule has 12 heteroatoms. The Hall–Kier alpha value is -3.41. The van der Waals surface area contributed by atoms with Crippen molar-refractivity contribution in [2.75, 3.05) is 23.7 Å². The third kappa shape index (κ3) is 7.81. The van der Waals surface area contributed by atoms with E-state index in [2.05, 4.69) is 4.98 Å². The number of rotatable bonds is 10. The Kier molecular flexibility index (Phi) is 8.34. The van der Waals surface area contributed by atoms with Gasteiger partial charge in [-0.05, 0) is 70.0 Å². The lowest BCUT2D eigenvalue weighted by atomic mass is 10.1. The molecule has 0 saturated heterocycles. The lowest BCUT2D eigenvalue weighted by Crippen LogP contribution is -2.28. The predicted molar refractivity (Wildman–Crippen MR) is 149 cm³/mol. The zero-order valence-corrected chi connectivity index (χ0v) is 23.3. The van der Waals surface area contributed by atoms with E-state index in [9.17, 15) is 18.0 Å². The van der Waals surface area contributed by atoms with Crippen LogP contribution in [0.4, 0.5) is 5.69 Å². The summed E-state index contributed by atoms with van der Waals surface area (Å²) in [5, 5.41) is 1.12. The summed E-state index contributed by atoms with van der Waals surface area (Å²) < 4.78 is 48.3. The molecular weight excluding hydrogens is 548 g/mol. The molecule has 2 aromatic carbocycles. The zero-order valence-electron chi connectivity index (χ0n) is 21.8. The fourth-order valence-corrected chi connectivity index (χ4v) is 4.74. The number of ether oxygens (including phenoxy) is 1. The normalized spacial score (nSPS) is 12.2. The first kappa shape index (κ1) is 28.6. The number of hydrogen-bond donors (Lipinski definition) is 1. The van der Waals surface area contributed by atoms with Crippen LogP contribution < -0.4 is 10.5 Å². The molecule has 0 fully saturated rings. The maximum absolute atomic E-state index is 12.8. The minimum atomic E-state index is -4.12. The molecule has 0 bridgehead atoms. The van der Waals surface area contributed by atoms with Gasteiger partial charge in [0.05, 0.1) is 5.75 Å². The van der Waals surface area contributed by atoms with Gasteiger partial charge in [-0.3, -0.25) is 9.35 Å². The van der Waals surface area contributed by atoms with Crippen LogP contribution in [0, 0.1) is 0 Å². The van der Waals surface area contributed by atoms with E-state index >= 15 is 0 Å². The molecule has 0 radical (unpaired) electrons. The first-order valence-corrected chi connectivity index (χ1v) is 14.3. The Morgan fingerprint density at radius 1 is 1.05 bits per heavy atom. The number of esters is 1. The second kappa shape index (κ2) is 11.4. The maximum Gasteiger partial charge on any atom is 0.349 e. The number of nitrogens with zero attached hydrogens (tertiary/aromatic N) is 2. The number of halogens is 1. The van der Waals surface area contributed by atoms with Gasteiger partial charge in [-0.1, -0.05) is 11.6 Å². The smallest absolute Gasteiger partial charge is 0.349 e. The highest BCUT2D eigenvalue weighted by Gasteiger charge is 2.18. The molecular formula is C27H29ClN2O8S. The molecule has 1 N–H and O–H groups in total. The van der Waals surface area contributed by atoms with E-state index in [1.54, 1.807) is 63.2 Å². The summed E-state index contributed by atoms with van der Waals surface area (Å²) in [5.41, 5.74) is 0.897. The lowest BCUT2D eigenvalue weighted by molar-refractivity contribution is -0.154. The van der Waals surface area contributed by atoms with E-state index < -0.39 is 27.1 Å². The van der Waals surface area contributed by atoms with Crippen molar-refractivity contribution in [2.45, 2.75) is 45.6 Å². The highest BCUT2D eigenvalue weighted by molar-refractivity contribution is 7.85. The standard InChI is InChI=1S/C27H29ClN2O8S/c1-27(2,3)38-24(31)6-4-11-30(12-5-13-39(33,34)35)19-9-7-17-14-20(26(32)37-23(17)16-19)25-29-21-15-18(28)8-10-22(21)36-25/h7-10,14-16H,4-6,11-13H2,1-3H3,(H,33,34,35). The summed E-state index contributed by atoms with van der Waals surface area (Å²) in [5.74, 6) is -0.628. The van der Waals surface area contributed by atoms with Crippen LogP contribution in [0.15, 0.2) is 56.1 Å². The van der Waals surface area contributed by atoms with Crippen LogP contribution in [0.2, 0.25) is 5.02 Å². The van der Waals surface area contributed by atoms with Gasteiger partial charge in [0, 0.05) is 41.7 Å². The number of carbonyl (C=O) groups excluding carboxylic acids is 1. The third-order valence-corrected chi connectivity index (χ3v) is 6.76. The van der Waals surface area contributed by atoms with Crippen LogP contribution in [-0.4, -0.2) is 48.4 Å². The number of anilines is 1. The Balaban J connectivity index is 1.58. The van der Waals surface area contributed by atoms with Crippen molar-refractivity contribution in [1.82, 2.24) is 4.98 Å².